The molecule has 566 valence electrons. The Labute approximate surface area is 618 Å². The van der Waals surface area contributed by atoms with Gasteiger partial charge in [0.25, 0.3) is 35.1 Å². The molecule has 9 rings (SSSR count). The lowest BCUT2D eigenvalue weighted by Gasteiger charge is -2.60. The first kappa shape index (κ1) is 80.3. The molecule has 0 radical (unpaired) electrons. The van der Waals surface area contributed by atoms with Gasteiger partial charge in [0.15, 0.2) is 0 Å². The number of carbonyl (C=O) groups is 3. The third kappa shape index (κ3) is 14.1. The minimum atomic E-state index is -1.58. The molecule has 15 heteroatoms. The van der Waals surface area contributed by atoms with Crippen LogP contribution in [0.3, 0.4) is 0 Å². The van der Waals surface area contributed by atoms with E-state index in [0.29, 0.717) is 51.6 Å². The zero-order valence-corrected chi connectivity index (χ0v) is 69.6. The number of fused-ring (bicyclic) bond motifs is 6. The highest BCUT2D eigenvalue weighted by Crippen LogP contribution is 2.65. The van der Waals surface area contributed by atoms with Crippen molar-refractivity contribution in [3.05, 3.63) is 159 Å². The van der Waals surface area contributed by atoms with E-state index in [1.54, 1.807) is 0 Å². The summed E-state index contributed by atoms with van der Waals surface area (Å²) >= 11 is 0. The molecule has 6 heterocycles. The zero-order chi connectivity index (χ0) is 78.1. The summed E-state index contributed by atoms with van der Waals surface area (Å²) in [5.74, 6) is -6.82. The molecule has 6 aliphatic heterocycles. The minimum Gasteiger partial charge on any atom is -0.461 e. The molecule has 103 heavy (non-hydrogen) atoms. The van der Waals surface area contributed by atoms with Gasteiger partial charge in [0, 0.05) is 106 Å². The number of hydrogen-bond acceptors (Lipinski definition) is 12. The van der Waals surface area contributed by atoms with Crippen LogP contribution in [0.25, 0.3) is 0 Å². The van der Waals surface area contributed by atoms with Gasteiger partial charge in [0.1, 0.15) is 51.3 Å². The Morgan fingerprint density at radius 1 is 0.272 bits per heavy atom. The average Bonchev–Trinajstić information content (AvgIpc) is 0.699. The number of benzene rings is 3. The van der Waals surface area contributed by atoms with Gasteiger partial charge in [-0.1, -0.05) is 286 Å². The van der Waals surface area contributed by atoms with Crippen LogP contribution in [0.4, 0.5) is 17.1 Å². The molecule has 0 aliphatic carbocycles. The van der Waals surface area contributed by atoms with Crippen LogP contribution in [0.5, 0.6) is 0 Å². The van der Waals surface area contributed by atoms with Crippen LogP contribution in [0.1, 0.15) is 272 Å². The van der Waals surface area contributed by atoms with Gasteiger partial charge in [-0.05, 0) is 53.1 Å². The molecular formula is C88H127N3O12. The summed E-state index contributed by atoms with van der Waals surface area (Å²) in [5.41, 5.74) is -2.53. The number of rotatable bonds is 9. The van der Waals surface area contributed by atoms with E-state index in [-0.39, 0.29) is 16.7 Å². The number of carbonyl (C=O) groups excluding carboxylic acids is 3. The summed E-state index contributed by atoms with van der Waals surface area (Å²) in [4.78, 5) is 46.8. The normalized spacial score (nSPS) is 26.4. The second-order valence-electron chi connectivity index (χ2n) is 42.1. The Hall–Kier alpha value is -6.81. The van der Waals surface area contributed by atoms with Crippen molar-refractivity contribution >= 4 is 34.8 Å². The van der Waals surface area contributed by atoms with Crippen molar-refractivity contribution < 1.29 is 57.0 Å². The van der Waals surface area contributed by atoms with Gasteiger partial charge in [-0.3, -0.25) is 28.6 Å². The smallest absolute Gasteiger partial charge is 0.261 e. The number of hydrogen-bond donors (Lipinski definition) is 3. The predicted molar refractivity (Wildman–Crippen MR) is 411 cm³/mol. The maximum absolute atomic E-state index is 15.6. The summed E-state index contributed by atoms with van der Waals surface area (Å²) in [6, 6.07) is 23.5. The predicted octanol–water partition coefficient (Wildman–Crippen LogP) is 22.1. The van der Waals surface area contributed by atoms with Crippen LogP contribution in [0.15, 0.2) is 142 Å². The Kier molecular flexibility index (Phi) is 19.2. The molecule has 0 aromatic heterocycles. The van der Waals surface area contributed by atoms with Gasteiger partial charge in [-0.15, -0.1) is 0 Å². The molecule has 6 bridgehead atoms. The lowest BCUT2D eigenvalue weighted by Crippen LogP contribution is -2.67. The lowest BCUT2D eigenvalue weighted by atomic mass is 9.71. The van der Waals surface area contributed by atoms with Crippen molar-refractivity contribution in [1.82, 2.24) is 0 Å². The number of allylic oxidation sites excluding steroid dienone is 6. The highest BCUT2D eigenvalue weighted by molar-refractivity contribution is 6.07. The topological polar surface area (TPSA) is 170 Å². The van der Waals surface area contributed by atoms with E-state index < -0.39 is 123 Å². The Balaban J connectivity index is 1.14. The van der Waals surface area contributed by atoms with Gasteiger partial charge < -0.3 is 44.4 Å². The summed E-state index contributed by atoms with van der Waals surface area (Å²) < 4.78 is 64.8. The molecule has 3 amide bonds. The van der Waals surface area contributed by atoms with Crippen LogP contribution in [-0.4, -0.2) is 52.4 Å². The van der Waals surface area contributed by atoms with Gasteiger partial charge in [-0.25, -0.2) is 0 Å². The highest BCUT2D eigenvalue weighted by Gasteiger charge is 2.72. The van der Waals surface area contributed by atoms with Crippen LogP contribution < -0.4 is 16.0 Å². The van der Waals surface area contributed by atoms with E-state index in [0.717, 1.165) is 16.7 Å². The van der Waals surface area contributed by atoms with Gasteiger partial charge >= 0.3 is 0 Å². The van der Waals surface area contributed by atoms with Crippen molar-refractivity contribution in [2.75, 3.05) is 16.0 Å². The Morgan fingerprint density at radius 2 is 0.466 bits per heavy atom. The molecule has 6 atom stereocenters. The maximum atomic E-state index is 15.6. The Morgan fingerprint density at radius 3 is 0.621 bits per heavy atom. The van der Waals surface area contributed by atoms with Crippen molar-refractivity contribution in [1.29, 1.82) is 0 Å². The fraction of sp³-hybridized carbons (Fsp3) is 0.625. The van der Waals surface area contributed by atoms with Crippen molar-refractivity contribution in [3.8, 4) is 0 Å². The second-order valence-corrected chi connectivity index (χ2v) is 42.1. The van der Waals surface area contributed by atoms with Crippen LogP contribution >= 0.6 is 0 Å². The SMILES string of the molecule is CC(C)(C)C1=CC2(C(C)(C)C)OC(C(C)(C)C)=C(C(=O)Nc3ccc(C(c4ccc(NC(=O)C5=C(C(C)(C)C)OC6(C(C)(C)C)C=C(C(C)(C)C)OC5(C(C)(C)C)O6)cc4)c4ccc(NC(=O)C5=C(C(C)(C)C)OC6(C(C)(C)C)C=C(C(C)(C)C)OC5(C(C)(C)C)O6)cc4)cc3)C(C(C)(C)C)(O1)O2. The molecular weight excluding hydrogens is 1290 g/mol. The summed E-state index contributed by atoms with van der Waals surface area (Å²) in [6.07, 6.45) is 5.91. The van der Waals surface area contributed by atoms with Gasteiger partial charge in [-0.2, -0.15) is 0 Å². The second kappa shape index (κ2) is 24.6. The van der Waals surface area contributed by atoms with Crippen LogP contribution in [0.2, 0.25) is 0 Å². The molecule has 15 nitrogen and oxygen atoms in total. The standard InChI is InChI=1S/C88H127N3O12/c1-71(2,3)58-49-83(77(19,20)21)98-65(74(10,11)12)62(86(95-58,101-83)80(28,29)30)68(92)89-55-43-37-52(38-44-55)61(53-39-45-56(46-40-53)90-69(93)63-66(75(13,14)15)99-84(78(22,23)24)50-59(72(4,5)6)96-87(63,102-84)81(31,32)33)54-41-47-57(48-42-54)91-70(94)64-67(76(16,17)18)100-85(79(25,26)27)51-60(73(7,8)9)97-88(64,103-85)82(34,35)36/h37-51,61H,1-36H3,(H,89,92)(H,90,93)(H,91,94). The molecule has 0 saturated carbocycles. The van der Waals surface area contributed by atoms with Gasteiger partial charge in [0.05, 0.1) is 0 Å². The van der Waals surface area contributed by atoms with Crippen LogP contribution in [-0.2, 0) is 57.0 Å². The minimum absolute atomic E-state index is 0.265. The van der Waals surface area contributed by atoms with E-state index >= 15 is 14.4 Å². The van der Waals surface area contributed by atoms with Gasteiger partial charge in [0.2, 0.25) is 17.4 Å². The first-order chi connectivity index (χ1) is 46.2. The monoisotopic (exact) mass is 1420 g/mol. The first-order valence-electron chi connectivity index (χ1n) is 37.1. The van der Waals surface area contributed by atoms with E-state index in [1.165, 1.54) is 0 Å². The van der Waals surface area contributed by atoms with E-state index in [4.69, 9.17) is 42.6 Å². The molecule has 0 fully saturated rings. The van der Waals surface area contributed by atoms with Crippen molar-refractivity contribution in [2.24, 2.45) is 65.0 Å². The number of ether oxygens (including phenoxy) is 9. The summed E-state index contributed by atoms with van der Waals surface area (Å²) in [7, 11) is 0. The lowest BCUT2D eigenvalue weighted by molar-refractivity contribution is -0.399. The third-order valence-electron chi connectivity index (χ3n) is 20.6. The third-order valence-corrected chi connectivity index (χ3v) is 20.6. The van der Waals surface area contributed by atoms with Crippen LogP contribution in [0, 0.1) is 65.0 Å². The van der Waals surface area contributed by atoms with E-state index in [1.807, 2.05) is 216 Å². The quantitative estimate of drug-likeness (QED) is 0.174. The number of amides is 3. The number of nitrogens with one attached hydrogen (secondary N) is 3. The maximum Gasteiger partial charge on any atom is 0.261 e. The van der Waals surface area contributed by atoms with E-state index in [9.17, 15) is 0 Å². The largest absolute Gasteiger partial charge is 0.461 e. The molecule has 3 aromatic rings. The zero-order valence-electron chi connectivity index (χ0n) is 69.6. The fourth-order valence-corrected chi connectivity index (χ4v) is 13.9. The summed E-state index contributed by atoms with van der Waals surface area (Å²) in [6.45, 7) is 74.3. The molecule has 0 saturated heterocycles. The fourth-order valence-electron chi connectivity index (χ4n) is 13.9. The Bertz CT molecular complexity index is 3620. The molecule has 6 aliphatic rings. The average molecular weight is 1420 g/mol. The molecule has 0 spiro atoms. The molecule has 3 aromatic carbocycles. The summed E-state index contributed by atoms with van der Waals surface area (Å²) in [5, 5.41) is 9.84. The molecule has 3 N–H and O–H groups in total. The number of anilines is 3. The molecule has 6 unspecified atom stereocenters. The first-order valence-corrected chi connectivity index (χ1v) is 37.1. The van der Waals surface area contributed by atoms with Crippen molar-refractivity contribution in [3.63, 3.8) is 0 Å². The van der Waals surface area contributed by atoms with E-state index in [2.05, 4.69) is 141 Å². The van der Waals surface area contributed by atoms with Crippen molar-refractivity contribution in [2.45, 2.75) is 290 Å². The highest BCUT2D eigenvalue weighted by atomic mass is 16.8.